The molecule has 0 aliphatic heterocycles. The first kappa shape index (κ1) is 11.5. The van der Waals surface area contributed by atoms with Crippen LogP contribution in [0.3, 0.4) is 0 Å². The van der Waals surface area contributed by atoms with Crippen molar-refractivity contribution < 1.29 is 9.66 Å². The largest absolute Gasteiger partial charge is 0.493 e. The zero-order valence-corrected chi connectivity index (χ0v) is 9.19. The van der Waals surface area contributed by atoms with Crippen LogP contribution in [-0.4, -0.2) is 11.5 Å². The molecule has 0 aromatic heterocycles. The minimum Gasteiger partial charge on any atom is -0.493 e. The Morgan fingerprint density at radius 2 is 1.80 bits per heavy atom. The van der Waals surface area contributed by atoms with Crippen molar-refractivity contribution >= 4 is 5.69 Å². The number of nitrogens with zero attached hydrogens (tertiary/aromatic N) is 1. The van der Waals surface area contributed by atoms with Gasteiger partial charge >= 0.3 is 0 Å². The van der Waals surface area contributed by atoms with Crippen LogP contribution in [0, 0.1) is 15.5 Å². The first-order valence-electron chi connectivity index (χ1n) is 4.76. The van der Waals surface area contributed by atoms with Crippen molar-refractivity contribution in [1.82, 2.24) is 0 Å². The number of nitro benzene ring substituents is 1. The van der Waals surface area contributed by atoms with Gasteiger partial charge in [0.1, 0.15) is 5.75 Å². The minimum atomic E-state index is -0.423. The molecule has 4 nitrogen and oxygen atoms in total. The number of hydrogen-bond acceptors (Lipinski definition) is 3. The molecule has 0 radical (unpaired) electrons. The fraction of sp³-hybridized carbons (Fsp3) is 0.455. The molecule has 0 atom stereocenters. The highest BCUT2D eigenvalue weighted by Gasteiger charge is 2.11. The average molecular weight is 209 g/mol. The predicted octanol–water partition coefficient (Wildman–Crippen LogP) is 3.02. The molecular weight excluding hydrogens is 194 g/mol. The van der Waals surface area contributed by atoms with Crippen molar-refractivity contribution in [2.45, 2.75) is 20.8 Å². The number of benzene rings is 1. The van der Waals surface area contributed by atoms with Crippen LogP contribution in [0.1, 0.15) is 20.8 Å². The Morgan fingerprint density at radius 1 is 1.27 bits per heavy atom. The minimum absolute atomic E-state index is 0.0816. The third kappa shape index (κ3) is 3.97. The Kier molecular flexibility index (Phi) is 3.29. The van der Waals surface area contributed by atoms with Crippen LogP contribution in [-0.2, 0) is 0 Å². The zero-order valence-electron chi connectivity index (χ0n) is 9.19. The highest BCUT2D eigenvalue weighted by Crippen LogP contribution is 2.20. The van der Waals surface area contributed by atoms with Crippen molar-refractivity contribution in [3.8, 4) is 5.75 Å². The lowest BCUT2D eigenvalue weighted by Crippen LogP contribution is -2.16. The van der Waals surface area contributed by atoms with E-state index in [-0.39, 0.29) is 11.1 Å². The lowest BCUT2D eigenvalue weighted by atomic mass is 9.99. The molecule has 4 heteroatoms. The van der Waals surface area contributed by atoms with E-state index in [2.05, 4.69) is 20.8 Å². The molecule has 15 heavy (non-hydrogen) atoms. The summed E-state index contributed by atoms with van der Waals surface area (Å²) in [5.74, 6) is 0.663. The maximum Gasteiger partial charge on any atom is 0.269 e. The Hall–Kier alpha value is -1.58. The molecule has 0 bridgehead atoms. The molecule has 0 heterocycles. The van der Waals surface area contributed by atoms with Gasteiger partial charge in [-0.2, -0.15) is 0 Å². The third-order valence-electron chi connectivity index (χ3n) is 1.72. The Labute approximate surface area is 89.0 Å². The molecule has 0 unspecified atom stereocenters. The van der Waals surface area contributed by atoms with Crippen LogP contribution < -0.4 is 4.74 Å². The molecule has 0 amide bonds. The Balaban J connectivity index is 2.61. The van der Waals surface area contributed by atoms with E-state index in [1.165, 1.54) is 12.1 Å². The SMILES string of the molecule is CC(C)(C)COc1ccc([N+](=O)[O-])cc1. The van der Waals surface area contributed by atoms with E-state index >= 15 is 0 Å². The maximum atomic E-state index is 10.4. The van der Waals surface area contributed by atoms with Gasteiger partial charge in [-0.15, -0.1) is 0 Å². The second-order valence-electron chi connectivity index (χ2n) is 4.60. The summed E-state index contributed by atoms with van der Waals surface area (Å²) < 4.78 is 5.48. The Morgan fingerprint density at radius 3 is 2.20 bits per heavy atom. The third-order valence-corrected chi connectivity index (χ3v) is 1.72. The summed E-state index contributed by atoms with van der Waals surface area (Å²) in [6.07, 6.45) is 0. The van der Waals surface area contributed by atoms with Gasteiger partial charge < -0.3 is 4.74 Å². The predicted molar refractivity (Wildman–Crippen MR) is 58.0 cm³/mol. The van der Waals surface area contributed by atoms with Crippen LogP contribution in [0.2, 0.25) is 0 Å². The highest BCUT2D eigenvalue weighted by molar-refractivity contribution is 5.35. The van der Waals surface area contributed by atoms with Gasteiger partial charge in [-0.3, -0.25) is 10.1 Å². The van der Waals surface area contributed by atoms with Crippen molar-refractivity contribution in [3.63, 3.8) is 0 Å². The monoisotopic (exact) mass is 209 g/mol. The summed E-state index contributed by atoms with van der Waals surface area (Å²) in [4.78, 5) is 9.97. The summed E-state index contributed by atoms with van der Waals surface area (Å²) in [6, 6.07) is 6.11. The Bertz CT molecular complexity index is 338. The molecular formula is C11H15NO3. The van der Waals surface area contributed by atoms with Gasteiger partial charge in [0.15, 0.2) is 0 Å². The lowest BCUT2D eigenvalue weighted by Gasteiger charge is -2.18. The van der Waals surface area contributed by atoms with Crippen molar-refractivity contribution in [3.05, 3.63) is 34.4 Å². The number of rotatable bonds is 3. The van der Waals surface area contributed by atoms with E-state index in [0.717, 1.165) is 0 Å². The van der Waals surface area contributed by atoms with Gasteiger partial charge in [-0.25, -0.2) is 0 Å². The molecule has 82 valence electrons. The van der Waals surface area contributed by atoms with Crippen molar-refractivity contribution in [2.24, 2.45) is 5.41 Å². The summed E-state index contributed by atoms with van der Waals surface area (Å²) in [5.41, 5.74) is 0.167. The van der Waals surface area contributed by atoms with E-state index in [4.69, 9.17) is 4.74 Å². The summed E-state index contributed by atoms with van der Waals surface area (Å²) in [6.45, 7) is 6.79. The number of ether oxygens (including phenoxy) is 1. The van der Waals surface area contributed by atoms with Crippen LogP contribution in [0.15, 0.2) is 24.3 Å². The lowest BCUT2D eigenvalue weighted by molar-refractivity contribution is -0.384. The van der Waals surface area contributed by atoms with Gasteiger partial charge in [0.2, 0.25) is 0 Å². The van der Waals surface area contributed by atoms with E-state index in [9.17, 15) is 10.1 Å². The molecule has 0 aliphatic rings. The van der Waals surface area contributed by atoms with Crippen molar-refractivity contribution in [1.29, 1.82) is 0 Å². The summed E-state index contributed by atoms with van der Waals surface area (Å²) in [5, 5.41) is 10.4. The average Bonchev–Trinajstić information content (AvgIpc) is 2.14. The molecule has 0 N–H and O–H groups in total. The van der Waals surface area contributed by atoms with E-state index in [1.807, 2.05) is 0 Å². The number of hydrogen-bond donors (Lipinski definition) is 0. The van der Waals surface area contributed by atoms with Crippen LogP contribution in [0.25, 0.3) is 0 Å². The molecule has 1 rings (SSSR count). The van der Waals surface area contributed by atoms with E-state index in [1.54, 1.807) is 12.1 Å². The first-order chi connectivity index (χ1) is 6.88. The fourth-order valence-electron chi connectivity index (χ4n) is 0.964. The normalized spacial score (nSPS) is 11.1. The van der Waals surface area contributed by atoms with Gasteiger partial charge in [0.25, 0.3) is 5.69 Å². The van der Waals surface area contributed by atoms with Gasteiger partial charge in [0.05, 0.1) is 11.5 Å². The maximum absolute atomic E-state index is 10.4. The molecule has 0 aliphatic carbocycles. The summed E-state index contributed by atoms with van der Waals surface area (Å²) >= 11 is 0. The van der Waals surface area contributed by atoms with Gasteiger partial charge in [-0.05, 0) is 17.5 Å². The van der Waals surface area contributed by atoms with Crippen LogP contribution in [0.4, 0.5) is 5.69 Å². The van der Waals surface area contributed by atoms with Crippen LogP contribution in [0.5, 0.6) is 5.75 Å². The van der Waals surface area contributed by atoms with E-state index in [0.29, 0.717) is 12.4 Å². The van der Waals surface area contributed by atoms with Gasteiger partial charge in [0, 0.05) is 12.1 Å². The zero-order chi connectivity index (χ0) is 11.5. The standard InChI is InChI=1S/C11H15NO3/c1-11(2,3)8-15-10-6-4-9(5-7-10)12(13)14/h4-7H,8H2,1-3H3. The molecule has 0 saturated heterocycles. The smallest absolute Gasteiger partial charge is 0.269 e. The quantitative estimate of drug-likeness (QED) is 0.568. The van der Waals surface area contributed by atoms with Crippen LogP contribution >= 0.6 is 0 Å². The second-order valence-corrected chi connectivity index (χ2v) is 4.60. The highest BCUT2D eigenvalue weighted by atomic mass is 16.6. The first-order valence-corrected chi connectivity index (χ1v) is 4.76. The number of nitro groups is 1. The molecule has 0 saturated carbocycles. The second kappa shape index (κ2) is 4.29. The fourth-order valence-corrected chi connectivity index (χ4v) is 0.964. The topological polar surface area (TPSA) is 52.4 Å². The number of non-ortho nitro benzene ring substituents is 1. The summed E-state index contributed by atoms with van der Waals surface area (Å²) in [7, 11) is 0. The van der Waals surface area contributed by atoms with E-state index < -0.39 is 4.92 Å². The van der Waals surface area contributed by atoms with Crippen molar-refractivity contribution in [2.75, 3.05) is 6.61 Å². The molecule has 0 fully saturated rings. The van der Waals surface area contributed by atoms with Gasteiger partial charge in [-0.1, -0.05) is 20.8 Å². The molecule has 1 aromatic rings. The molecule has 1 aromatic carbocycles. The molecule has 0 spiro atoms.